The molecular weight excluding hydrogens is 280 g/mol. The third kappa shape index (κ3) is 1.52. The van der Waals surface area contributed by atoms with Crippen LogP contribution >= 0.6 is 0 Å². The summed E-state index contributed by atoms with van der Waals surface area (Å²) < 4.78 is 0. The van der Waals surface area contributed by atoms with E-state index in [2.05, 4.69) is 49.4 Å². The Labute approximate surface area is 134 Å². The van der Waals surface area contributed by atoms with Crippen LogP contribution in [0.5, 0.6) is 5.75 Å². The molecule has 109 valence electrons. The Bertz CT molecular complexity index is 1230. The van der Waals surface area contributed by atoms with Gasteiger partial charge in [-0.3, -0.25) is 5.11 Å². The van der Waals surface area contributed by atoms with Crippen molar-refractivity contribution < 1.29 is 5.11 Å². The first-order chi connectivity index (χ1) is 11.1. The van der Waals surface area contributed by atoms with Gasteiger partial charge in [0.1, 0.15) is 0 Å². The molecule has 0 amide bonds. The fourth-order valence-electron chi connectivity index (χ4n) is 4.13. The second kappa shape index (κ2) is 4.14. The highest BCUT2D eigenvalue weighted by Gasteiger charge is 2.17. The van der Waals surface area contributed by atoms with Gasteiger partial charge < -0.3 is 0 Å². The maximum Gasteiger partial charge on any atom is 0.186 e. The third-order valence-corrected chi connectivity index (χ3v) is 5.00. The van der Waals surface area contributed by atoms with Crippen LogP contribution in [0.15, 0.2) is 54.6 Å². The topological polar surface area (TPSA) is 19.9 Å². The monoisotopic (exact) mass is 295 g/mol. The Kier molecular flexibility index (Phi) is 2.29. The van der Waals surface area contributed by atoms with Crippen LogP contribution in [0.1, 0.15) is 11.1 Å². The second-order valence-electron chi connectivity index (χ2n) is 6.51. The lowest BCUT2D eigenvalue weighted by Gasteiger charge is -2.16. The molecule has 5 aromatic rings. The Morgan fingerprint density at radius 1 is 0.652 bits per heavy atom. The molecule has 1 heteroatoms. The van der Waals surface area contributed by atoms with Crippen molar-refractivity contribution in [2.45, 2.75) is 13.8 Å². The van der Waals surface area contributed by atoms with Gasteiger partial charge in [-0.25, -0.2) is 0 Å². The summed E-state index contributed by atoms with van der Waals surface area (Å²) >= 11 is 0. The van der Waals surface area contributed by atoms with Crippen molar-refractivity contribution in [3.05, 3.63) is 65.7 Å². The van der Waals surface area contributed by atoms with Crippen LogP contribution in [0.25, 0.3) is 43.1 Å². The molecule has 0 aromatic heterocycles. The molecule has 1 nitrogen and oxygen atoms in total. The van der Waals surface area contributed by atoms with Gasteiger partial charge in [-0.15, -0.1) is 0 Å². The minimum Gasteiger partial charge on any atom is -0.289 e. The molecule has 0 unspecified atom stereocenters. The van der Waals surface area contributed by atoms with E-state index < -0.39 is 0 Å². The number of aryl methyl sites for hydroxylation is 2. The van der Waals surface area contributed by atoms with Gasteiger partial charge in [-0.2, -0.15) is 0 Å². The lowest BCUT2D eigenvalue weighted by Crippen LogP contribution is -1.90. The molecule has 0 aliphatic heterocycles. The molecule has 1 radical (unpaired) electrons. The zero-order valence-electron chi connectivity index (χ0n) is 13.1. The zero-order valence-corrected chi connectivity index (χ0v) is 13.1. The summed E-state index contributed by atoms with van der Waals surface area (Å²) in [6.07, 6.45) is 0. The maximum atomic E-state index is 12.6. The number of hydrogen-bond acceptors (Lipinski definition) is 0. The number of rotatable bonds is 0. The first-order valence-electron chi connectivity index (χ1n) is 7.92. The van der Waals surface area contributed by atoms with Crippen LogP contribution in [-0.4, -0.2) is 0 Å². The normalized spacial score (nSPS) is 12.1. The second-order valence-corrected chi connectivity index (χ2v) is 6.51. The van der Waals surface area contributed by atoms with Crippen LogP contribution in [0.3, 0.4) is 0 Å². The Balaban J connectivity index is 2.30. The van der Waals surface area contributed by atoms with E-state index in [0.29, 0.717) is 0 Å². The maximum absolute atomic E-state index is 12.6. The molecule has 0 saturated carbocycles. The highest BCUT2D eigenvalue weighted by Crippen LogP contribution is 2.44. The molecule has 0 fully saturated rings. The summed E-state index contributed by atoms with van der Waals surface area (Å²) in [5.74, 6) is 0.123. The van der Waals surface area contributed by atoms with Crippen LogP contribution in [-0.2, 0) is 5.11 Å². The van der Waals surface area contributed by atoms with Crippen LogP contribution in [0, 0.1) is 13.8 Å². The van der Waals surface area contributed by atoms with E-state index >= 15 is 0 Å². The van der Waals surface area contributed by atoms with Crippen LogP contribution in [0.2, 0.25) is 0 Å². The molecule has 0 N–H and O–H groups in total. The molecule has 0 saturated heterocycles. The van der Waals surface area contributed by atoms with Gasteiger partial charge in [-0.1, -0.05) is 42.5 Å². The quantitative estimate of drug-likeness (QED) is 0.229. The first kappa shape index (κ1) is 12.7. The van der Waals surface area contributed by atoms with Gasteiger partial charge in [0.2, 0.25) is 0 Å². The van der Waals surface area contributed by atoms with Gasteiger partial charge in [0.25, 0.3) is 0 Å². The van der Waals surface area contributed by atoms with Gasteiger partial charge in [0.15, 0.2) is 5.75 Å². The molecule has 0 atom stereocenters. The molecular formula is C22H15O. The van der Waals surface area contributed by atoms with Crippen molar-refractivity contribution >= 4 is 43.1 Å². The molecule has 0 spiro atoms. The predicted molar refractivity (Wildman–Crippen MR) is 97.3 cm³/mol. The predicted octanol–water partition coefficient (Wildman–Crippen LogP) is 6.50. The van der Waals surface area contributed by atoms with E-state index in [4.69, 9.17) is 0 Å². The van der Waals surface area contributed by atoms with E-state index in [1.54, 1.807) is 6.07 Å². The molecule has 0 heterocycles. The van der Waals surface area contributed by atoms with Gasteiger partial charge in [-0.05, 0) is 69.4 Å². The van der Waals surface area contributed by atoms with Gasteiger partial charge in [0.05, 0.1) is 0 Å². The van der Waals surface area contributed by atoms with E-state index in [1.165, 1.54) is 32.3 Å². The van der Waals surface area contributed by atoms with E-state index in [9.17, 15) is 5.11 Å². The minimum atomic E-state index is 0.123. The molecule has 5 rings (SSSR count). The summed E-state index contributed by atoms with van der Waals surface area (Å²) in [6.45, 7) is 4.11. The van der Waals surface area contributed by atoms with Crippen molar-refractivity contribution in [1.82, 2.24) is 0 Å². The van der Waals surface area contributed by atoms with E-state index in [1.807, 2.05) is 13.0 Å². The van der Waals surface area contributed by atoms with Crippen molar-refractivity contribution in [1.29, 1.82) is 0 Å². The lowest BCUT2D eigenvalue weighted by atomic mass is 9.87. The molecule has 23 heavy (non-hydrogen) atoms. The summed E-state index contributed by atoms with van der Waals surface area (Å²) in [5.41, 5.74) is 2.20. The fraction of sp³-hybridized carbons (Fsp3) is 0.0909. The van der Waals surface area contributed by atoms with Crippen LogP contribution in [0.4, 0.5) is 0 Å². The Morgan fingerprint density at radius 2 is 1.35 bits per heavy atom. The summed E-state index contributed by atoms with van der Waals surface area (Å²) in [7, 11) is 0. The third-order valence-electron chi connectivity index (χ3n) is 5.00. The molecule has 0 aliphatic carbocycles. The highest BCUT2D eigenvalue weighted by atomic mass is 16.3. The van der Waals surface area contributed by atoms with Gasteiger partial charge in [0, 0.05) is 10.8 Å². The summed E-state index contributed by atoms with van der Waals surface area (Å²) in [5, 5.41) is 22.0. The SMILES string of the molecule is Cc1cc2c([O])cc(C)c3c4cccc5cccc(c(c1)c23)c54. The fourth-order valence-corrected chi connectivity index (χ4v) is 4.13. The minimum absolute atomic E-state index is 0.123. The highest BCUT2D eigenvalue weighted by molar-refractivity contribution is 6.34. The van der Waals surface area contributed by atoms with Crippen molar-refractivity contribution in [2.24, 2.45) is 0 Å². The lowest BCUT2D eigenvalue weighted by molar-refractivity contribution is 0.360. The Morgan fingerprint density at radius 3 is 2.13 bits per heavy atom. The standard InChI is InChI=1S/C22H15O/c1-12-9-17-15-7-3-5-14-6-4-8-16(21(14)15)20-13(2)11-19(23)18(10-12)22(17)20/h3-11H,1-2H3. The largest absolute Gasteiger partial charge is 0.289 e. The zero-order chi connectivity index (χ0) is 15.7. The van der Waals surface area contributed by atoms with Gasteiger partial charge >= 0.3 is 0 Å². The smallest absolute Gasteiger partial charge is 0.186 e. The van der Waals surface area contributed by atoms with E-state index in [-0.39, 0.29) is 5.75 Å². The number of benzene rings is 5. The van der Waals surface area contributed by atoms with E-state index in [0.717, 1.165) is 21.9 Å². The average Bonchev–Trinajstić information content (AvgIpc) is 2.54. The number of hydrogen-bond donors (Lipinski definition) is 0. The van der Waals surface area contributed by atoms with Crippen molar-refractivity contribution in [2.75, 3.05) is 0 Å². The number of fused-ring (bicyclic) bond motifs is 2. The van der Waals surface area contributed by atoms with Crippen molar-refractivity contribution in [3.8, 4) is 5.75 Å². The molecule has 0 bridgehead atoms. The Hall–Kier alpha value is -2.80. The van der Waals surface area contributed by atoms with Crippen molar-refractivity contribution in [3.63, 3.8) is 0 Å². The first-order valence-corrected chi connectivity index (χ1v) is 7.92. The molecule has 0 aliphatic rings. The summed E-state index contributed by atoms with van der Waals surface area (Å²) in [4.78, 5) is 0. The molecule has 5 aromatic carbocycles. The average molecular weight is 295 g/mol. The summed E-state index contributed by atoms with van der Waals surface area (Å²) in [6, 6.07) is 18.9. The van der Waals surface area contributed by atoms with Crippen LogP contribution < -0.4 is 0 Å².